The SMILES string of the molecule is CCCc1c(C(N)=O)cc(N2CCCC2=O)c(NC(c2ccccc2)C(F)(F)F)c1SCC. The summed E-state index contributed by atoms with van der Waals surface area (Å²) in [6.45, 7) is 4.19. The first-order chi connectivity index (χ1) is 15.7. The van der Waals surface area contributed by atoms with Crippen molar-refractivity contribution >= 4 is 35.0 Å². The molecule has 0 bridgehead atoms. The predicted octanol–water partition coefficient (Wildman–Crippen LogP) is 5.69. The van der Waals surface area contributed by atoms with Gasteiger partial charge in [-0.05, 0) is 35.8 Å². The summed E-state index contributed by atoms with van der Waals surface area (Å²) in [6.07, 6.45) is -2.53. The van der Waals surface area contributed by atoms with E-state index in [4.69, 9.17) is 5.73 Å². The van der Waals surface area contributed by atoms with Crippen LogP contribution in [0.5, 0.6) is 0 Å². The number of nitrogens with zero attached hydrogens (tertiary/aromatic N) is 1. The Hall–Kier alpha value is -2.68. The van der Waals surface area contributed by atoms with Gasteiger partial charge in [-0.15, -0.1) is 11.8 Å². The van der Waals surface area contributed by atoms with Crippen molar-refractivity contribution in [2.45, 2.75) is 56.6 Å². The molecule has 1 heterocycles. The standard InChI is InChI=1S/C24H28F3N3O2S/c1-3-9-16-17(23(28)32)14-18(30-13-8-12-19(30)31)20(21(16)33-4-2)29-22(24(25,26)27)15-10-6-5-7-11-15/h5-7,10-11,14,22,29H,3-4,8-9,12-13H2,1-2H3,(H2,28,32). The van der Waals surface area contributed by atoms with Crippen LogP contribution in [0.2, 0.25) is 0 Å². The number of carbonyl (C=O) groups excluding carboxylic acids is 2. The highest BCUT2D eigenvalue weighted by Crippen LogP contribution is 2.46. The van der Waals surface area contributed by atoms with Crippen molar-refractivity contribution in [1.29, 1.82) is 0 Å². The van der Waals surface area contributed by atoms with E-state index in [1.54, 1.807) is 18.2 Å². The molecule has 0 saturated carbocycles. The molecule has 178 valence electrons. The number of nitrogens with one attached hydrogen (secondary N) is 1. The number of halogens is 3. The zero-order valence-electron chi connectivity index (χ0n) is 18.7. The minimum atomic E-state index is -4.59. The molecule has 0 aliphatic carbocycles. The van der Waals surface area contributed by atoms with E-state index < -0.39 is 18.1 Å². The average molecular weight is 480 g/mol. The van der Waals surface area contributed by atoms with Crippen LogP contribution in [0.25, 0.3) is 0 Å². The molecule has 1 aliphatic rings. The van der Waals surface area contributed by atoms with Crippen molar-refractivity contribution in [3.63, 3.8) is 0 Å². The summed E-state index contributed by atoms with van der Waals surface area (Å²) >= 11 is 1.35. The van der Waals surface area contributed by atoms with Crippen molar-refractivity contribution in [3.05, 3.63) is 53.1 Å². The molecule has 2 aromatic carbocycles. The van der Waals surface area contributed by atoms with Crippen LogP contribution in [-0.4, -0.2) is 30.3 Å². The molecule has 1 aliphatic heterocycles. The highest BCUT2D eigenvalue weighted by Gasteiger charge is 2.42. The number of anilines is 2. The molecule has 1 atom stereocenters. The van der Waals surface area contributed by atoms with E-state index in [2.05, 4.69) is 5.32 Å². The summed E-state index contributed by atoms with van der Waals surface area (Å²) in [5, 5.41) is 2.73. The summed E-state index contributed by atoms with van der Waals surface area (Å²) in [6, 6.07) is 7.11. The molecule has 0 aromatic heterocycles. The van der Waals surface area contributed by atoms with E-state index >= 15 is 0 Å². The van der Waals surface area contributed by atoms with Crippen LogP contribution >= 0.6 is 11.8 Å². The van der Waals surface area contributed by atoms with E-state index in [0.717, 1.165) is 0 Å². The van der Waals surface area contributed by atoms with Gasteiger partial charge in [-0.3, -0.25) is 9.59 Å². The number of hydrogen-bond donors (Lipinski definition) is 2. The van der Waals surface area contributed by atoms with Gasteiger partial charge in [-0.1, -0.05) is 50.6 Å². The highest BCUT2D eigenvalue weighted by molar-refractivity contribution is 7.99. The molecule has 3 N–H and O–H groups in total. The second kappa shape index (κ2) is 10.5. The number of amides is 2. The minimum absolute atomic E-state index is 0.0622. The summed E-state index contributed by atoms with van der Waals surface area (Å²) in [4.78, 5) is 26.9. The molecule has 1 unspecified atom stereocenters. The van der Waals surface area contributed by atoms with Crippen molar-refractivity contribution in [2.75, 3.05) is 22.5 Å². The van der Waals surface area contributed by atoms with Crippen LogP contribution in [0.4, 0.5) is 24.5 Å². The Kier molecular flexibility index (Phi) is 7.94. The summed E-state index contributed by atoms with van der Waals surface area (Å²) in [5.41, 5.74) is 7.08. The lowest BCUT2D eigenvalue weighted by Gasteiger charge is -2.30. The van der Waals surface area contributed by atoms with Gasteiger partial charge < -0.3 is 16.0 Å². The molecule has 0 radical (unpaired) electrons. The van der Waals surface area contributed by atoms with Gasteiger partial charge in [0.2, 0.25) is 11.8 Å². The largest absolute Gasteiger partial charge is 0.412 e. The van der Waals surface area contributed by atoms with Gasteiger partial charge >= 0.3 is 6.18 Å². The van der Waals surface area contributed by atoms with Crippen LogP contribution in [0, 0.1) is 0 Å². The fourth-order valence-corrected chi connectivity index (χ4v) is 5.09. The van der Waals surface area contributed by atoms with Gasteiger partial charge in [0.1, 0.15) is 6.04 Å². The first-order valence-electron chi connectivity index (χ1n) is 11.0. The highest BCUT2D eigenvalue weighted by atomic mass is 32.2. The fourth-order valence-electron chi connectivity index (χ4n) is 4.11. The fraction of sp³-hybridized carbons (Fsp3) is 0.417. The third-order valence-corrected chi connectivity index (χ3v) is 6.56. The Morgan fingerprint density at radius 3 is 2.45 bits per heavy atom. The maximum atomic E-state index is 14.2. The molecular formula is C24H28F3N3O2S. The second-order valence-corrected chi connectivity index (χ2v) is 9.13. The molecule has 3 rings (SSSR count). The summed E-state index contributed by atoms with van der Waals surface area (Å²) < 4.78 is 42.7. The average Bonchev–Trinajstić information content (AvgIpc) is 3.19. The Balaban J connectivity index is 2.29. The summed E-state index contributed by atoms with van der Waals surface area (Å²) in [5.74, 6) is -0.276. The zero-order chi connectivity index (χ0) is 24.2. The van der Waals surface area contributed by atoms with E-state index in [0.29, 0.717) is 48.4 Å². The van der Waals surface area contributed by atoms with Gasteiger partial charge in [0.15, 0.2) is 0 Å². The number of benzene rings is 2. The number of nitrogens with two attached hydrogens (primary N) is 1. The topological polar surface area (TPSA) is 75.4 Å². The van der Waals surface area contributed by atoms with Gasteiger partial charge in [-0.25, -0.2) is 0 Å². The molecule has 9 heteroatoms. The maximum Gasteiger partial charge on any atom is 0.412 e. The first-order valence-corrected chi connectivity index (χ1v) is 12.0. The Labute approximate surface area is 195 Å². The van der Waals surface area contributed by atoms with Crippen molar-refractivity contribution < 1.29 is 22.8 Å². The van der Waals surface area contributed by atoms with Crippen LogP contribution in [0.15, 0.2) is 41.3 Å². The van der Waals surface area contributed by atoms with Crippen molar-refractivity contribution in [1.82, 2.24) is 0 Å². The van der Waals surface area contributed by atoms with Crippen LogP contribution < -0.4 is 16.0 Å². The lowest BCUT2D eigenvalue weighted by atomic mass is 9.98. The third kappa shape index (κ3) is 5.46. The first kappa shape index (κ1) is 25.0. The van der Waals surface area contributed by atoms with E-state index in [9.17, 15) is 22.8 Å². The number of hydrogen-bond acceptors (Lipinski definition) is 4. The number of primary amides is 1. The lowest BCUT2D eigenvalue weighted by molar-refractivity contribution is -0.144. The minimum Gasteiger partial charge on any atom is -0.368 e. The number of rotatable bonds is 9. The van der Waals surface area contributed by atoms with Crippen molar-refractivity contribution in [2.24, 2.45) is 5.73 Å². The number of carbonyl (C=O) groups is 2. The molecule has 2 amide bonds. The molecular weight excluding hydrogens is 451 g/mol. The van der Waals surface area contributed by atoms with Crippen LogP contribution in [-0.2, 0) is 11.2 Å². The third-order valence-electron chi connectivity index (χ3n) is 5.53. The number of alkyl halides is 3. The van der Waals surface area contributed by atoms with E-state index in [-0.39, 0.29) is 28.4 Å². The van der Waals surface area contributed by atoms with E-state index in [1.807, 2.05) is 13.8 Å². The normalized spacial score (nSPS) is 15.1. The zero-order valence-corrected chi connectivity index (χ0v) is 19.5. The molecule has 0 spiro atoms. The Morgan fingerprint density at radius 1 is 1.24 bits per heavy atom. The van der Waals surface area contributed by atoms with Crippen LogP contribution in [0.3, 0.4) is 0 Å². The lowest BCUT2D eigenvalue weighted by Crippen LogP contribution is -2.31. The van der Waals surface area contributed by atoms with Gasteiger partial charge in [0, 0.05) is 23.4 Å². The second-order valence-electron chi connectivity index (χ2n) is 7.85. The Morgan fingerprint density at radius 2 is 1.94 bits per heavy atom. The molecule has 1 saturated heterocycles. The number of thioether (sulfide) groups is 1. The molecule has 33 heavy (non-hydrogen) atoms. The summed E-state index contributed by atoms with van der Waals surface area (Å²) in [7, 11) is 0. The van der Waals surface area contributed by atoms with Crippen LogP contribution in [0.1, 0.15) is 60.6 Å². The van der Waals surface area contributed by atoms with Crippen molar-refractivity contribution in [3.8, 4) is 0 Å². The monoisotopic (exact) mass is 479 g/mol. The van der Waals surface area contributed by atoms with Gasteiger partial charge in [0.25, 0.3) is 0 Å². The predicted molar refractivity (Wildman–Crippen MR) is 126 cm³/mol. The Bertz CT molecular complexity index is 1010. The maximum absolute atomic E-state index is 14.2. The quantitative estimate of drug-likeness (QED) is 0.453. The van der Waals surface area contributed by atoms with Gasteiger partial charge in [0.05, 0.1) is 11.4 Å². The van der Waals surface area contributed by atoms with Gasteiger partial charge in [-0.2, -0.15) is 13.2 Å². The molecule has 5 nitrogen and oxygen atoms in total. The molecule has 1 fully saturated rings. The van der Waals surface area contributed by atoms with E-state index in [1.165, 1.54) is 34.9 Å². The smallest absolute Gasteiger partial charge is 0.368 e. The molecule has 2 aromatic rings.